The molecule has 27 heavy (non-hydrogen) atoms. The largest absolute Gasteiger partial charge is 0.324 e. The summed E-state index contributed by atoms with van der Waals surface area (Å²) in [6.07, 6.45) is 1.95. The third-order valence-corrected chi connectivity index (χ3v) is 5.13. The van der Waals surface area contributed by atoms with Crippen molar-refractivity contribution in [3.63, 3.8) is 0 Å². The summed E-state index contributed by atoms with van der Waals surface area (Å²) < 4.78 is 0. The number of benzene rings is 2. The highest BCUT2D eigenvalue weighted by Crippen LogP contribution is 2.26. The van der Waals surface area contributed by atoms with Crippen molar-refractivity contribution in [1.82, 2.24) is 4.90 Å². The molecule has 8 heteroatoms. The van der Waals surface area contributed by atoms with Gasteiger partial charge in [0.1, 0.15) is 0 Å². The van der Waals surface area contributed by atoms with Crippen LogP contribution < -0.4 is 10.6 Å². The maximum atomic E-state index is 12.4. The molecule has 0 spiro atoms. The highest BCUT2D eigenvalue weighted by molar-refractivity contribution is 7.98. The SMILES string of the molecule is CCN(CC(=O)Nc1cc(Cl)ccc1Cl)CC(=O)Nc1ccccc1SC. The summed E-state index contributed by atoms with van der Waals surface area (Å²) in [6, 6.07) is 12.4. The number of carbonyl (C=O) groups is 2. The molecule has 0 heterocycles. The maximum Gasteiger partial charge on any atom is 0.238 e. The van der Waals surface area contributed by atoms with Crippen molar-refractivity contribution >= 4 is 58.2 Å². The first-order valence-corrected chi connectivity index (χ1v) is 10.3. The van der Waals surface area contributed by atoms with E-state index in [1.54, 1.807) is 34.9 Å². The molecule has 0 aliphatic rings. The summed E-state index contributed by atoms with van der Waals surface area (Å²) in [7, 11) is 0. The van der Waals surface area contributed by atoms with Crippen LogP contribution in [0.25, 0.3) is 0 Å². The van der Waals surface area contributed by atoms with Crippen molar-refractivity contribution in [2.24, 2.45) is 0 Å². The number of halogens is 2. The topological polar surface area (TPSA) is 61.4 Å². The van der Waals surface area contributed by atoms with Crippen LogP contribution in [0.5, 0.6) is 0 Å². The molecule has 2 rings (SSSR count). The van der Waals surface area contributed by atoms with Gasteiger partial charge in [0.15, 0.2) is 0 Å². The molecule has 0 saturated heterocycles. The first-order valence-electron chi connectivity index (χ1n) is 8.33. The molecule has 0 aliphatic heterocycles. The van der Waals surface area contributed by atoms with E-state index in [9.17, 15) is 9.59 Å². The van der Waals surface area contributed by atoms with Crippen molar-refractivity contribution in [1.29, 1.82) is 0 Å². The lowest BCUT2D eigenvalue weighted by atomic mass is 10.3. The molecule has 2 aromatic rings. The zero-order valence-corrected chi connectivity index (χ0v) is 17.4. The van der Waals surface area contributed by atoms with E-state index >= 15 is 0 Å². The summed E-state index contributed by atoms with van der Waals surface area (Å²) in [5, 5.41) is 6.50. The van der Waals surface area contributed by atoms with Gasteiger partial charge in [0.2, 0.25) is 11.8 Å². The summed E-state index contributed by atoms with van der Waals surface area (Å²) in [6.45, 7) is 2.61. The van der Waals surface area contributed by atoms with Crippen LogP contribution in [0.1, 0.15) is 6.92 Å². The number of carbonyl (C=O) groups excluding carboxylic acids is 2. The molecule has 5 nitrogen and oxygen atoms in total. The van der Waals surface area contributed by atoms with Crippen molar-refractivity contribution in [2.45, 2.75) is 11.8 Å². The van der Waals surface area contributed by atoms with Gasteiger partial charge in [-0.15, -0.1) is 11.8 Å². The molecular weight excluding hydrogens is 405 g/mol. The van der Waals surface area contributed by atoms with Crippen LogP contribution >= 0.6 is 35.0 Å². The molecule has 0 saturated carbocycles. The Hall–Kier alpha value is -1.73. The van der Waals surface area contributed by atoms with Gasteiger partial charge >= 0.3 is 0 Å². The number of hydrogen-bond acceptors (Lipinski definition) is 4. The minimum absolute atomic E-state index is 0.0664. The normalized spacial score (nSPS) is 10.7. The Balaban J connectivity index is 1.93. The summed E-state index contributed by atoms with van der Waals surface area (Å²) in [5.74, 6) is -0.440. The fourth-order valence-electron chi connectivity index (χ4n) is 2.41. The Labute approximate surface area is 173 Å². The molecule has 0 aromatic heterocycles. The number of thioether (sulfide) groups is 1. The van der Waals surface area contributed by atoms with E-state index in [1.807, 2.05) is 37.4 Å². The minimum atomic E-state index is -0.265. The zero-order chi connectivity index (χ0) is 19.8. The third-order valence-electron chi connectivity index (χ3n) is 3.77. The van der Waals surface area contributed by atoms with Crippen LogP contribution in [-0.2, 0) is 9.59 Å². The number of amides is 2. The van der Waals surface area contributed by atoms with Gasteiger partial charge in [-0.2, -0.15) is 0 Å². The lowest BCUT2D eigenvalue weighted by Crippen LogP contribution is -2.38. The third kappa shape index (κ3) is 6.74. The lowest BCUT2D eigenvalue weighted by Gasteiger charge is -2.20. The molecule has 0 bridgehead atoms. The van der Waals surface area contributed by atoms with Gasteiger partial charge in [-0.05, 0) is 43.1 Å². The molecule has 0 unspecified atom stereocenters. The predicted octanol–water partition coefficient (Wildman–Crippen LogP) is 4.61. The van der Waals surface area contributed by atoms with Gasteiger partial charge in [-0.3, -0.25) is 14.5 Å². The Morgan fingerprint density at radius 2 is 1.63 bits per heavy atom. The second-order valence-corrected chi connectivity index (χ2v) is 7.42. The first kappa shape index (κ1) is 21.6. The Bertz CT molecular complexity index is 817. The van der Waals surface area contributed by atoms with E-state index in [1.165, 1.54) is 0 Å². The highest BCUT2D eigenvalue weighted by Gasteiger charge is 2.15. The monoisotopic (exact) mass is 425 g/mol. The molecule has 2 amide bonds. The van der Waals surface area contributed by atoms with Crippen LogP contribution in [0.3, 0.4) is 0 Å². The second kappa shape index (κ2) is 10.6. The smallest absolute Gasteiger partial charge is 0.238 e. The fraction of sp³-hybridized carbons (Fsp3) is 0.263. The second-order valence-electron chi connectivity index (χ2n) is 5.72. The van der Waals surface area contributed by atoms with Crippen LogP contribution in [0, 0.1) is 0 Å². The van der Waals surface area contributed by atoms with Gasteiger partial charge in [0.25, 0.3) is 0 Å². The fourth-order valence-corrected chi connectivity index (χ4v) is 3.30. The Kier molecular flexibility index (Phi) is 8.44. The van der Waals surface area contributed by atoms with Crippen LogP contribution in [-0.4, -0.2) is 42.6 Å². The number of nitrogens with one attached hydrogen (secondary N) is 2. The average molecular weight is 426 g/mol. The number of anilines is 2. The number of likely N-dealkylation sites (N-methyl/N-ethyl adjacent to an activating group) is 1. The van der Waals surface area contributed by atoms with E-state index < -0.39 is 0 Å². The highest BCUT2D eigenvalue weighted by atomic mass is 35.5. The predicted molar refractivity (Wildman–Crippen MR) is 114 cm³/mol. The van der Waals surface area contributed by atoms with Crippen molar-refractivity contribution in [3.8, 4) is 0 Å². The Morgan fingerprint density at radius 1 is 1.00 bits per heavy atom. The lowest BCUT2D eigenvalue weighted by molar-refractivity contribution is -0.119. The quantitative estimate of drug-likeness (QED) is 0.605. The Morgan fingerprint density at radius 3 is 2.26 bits per heavy atom. The molecule has 2 N–H and O–H groups in total. The molecule has 0 aliphatic carbocycles. The molecule has 0 atom stereocenters. The van der Waals surface area contributed by atoms with Crippen molar-refractivity contribution in [2.75, 3.05) is 36.5 Å². The van der Waals surface area contributed by atoms with Gasteiger partial charge in [-0.25, -0.2) is 0 Å². The van der Waals surface area contributed by atoms with E-state index in [-0.39, 0.29) is 24.9 Å². The number of rotatable bonds is 8. The van der Waals surface area contributed by atoms with E-state index in [4.69, 9.17) is 23.2 Å². The van der Waals surface area contributed by atoms with Gasteiger partial charge in [0, 0.05) is 9.92 Å². The van der Waals surface area contributed by atoms with E-state index in [0.29, 0.717) is 22.3 Å². The van der Waals surface area contributed by atoms with Crippen LogP contribution in [0.15, 0.2) is 47.4 Å². The molecule has 0 fully saturated rings. The van der Waals surface area contributed by atoms with Crippen LogP contribution in [0.4, 0.5) is 11.4 Å². The molecule has 0 radical (unpaired) electrons. The van der Waals surface area contributed by atoms with E-state index in [0.717, 1.165) is 10.6 Å². The minimum Gasteiger partial charge on any atom is -0.324 e. The average Bonchev–Trinajstić information content (AvgIpc) is 2.64. The van der Waals surface area contributed by atoms with E-state index in [2.05, 4.69) is 10.6 Å². The van der Waals surface area contributed by atoms with Crippen molar-refractivity contribution < 1.29 is 9.59 Å². The van der Waals surface area contributed by atoms with Gasteiger partial charge in [0.05, 0.1) is 29.5 Å². The standard InChI is InChI=1S/C19H21Cl2N3O2S/c1-3-24(11-18(25)22-15-6-4-5-7-17(15)27-2)12-19(26)23-16-10-13(20)8-9-14(16)21/h4-10H,3,11-12H2,1-2H3,(H,22,25)(H,23,26). The number of nitrogens with zero attached hydrogens (tertiary/aromatic N) is 1. The van der Waals surface area contributed by atoms with Gasteiger partial charge in [-0.1, -0.05) is 42.3 Å². The van der Waals surface area contributed by atoms with Crippen molar-refractivity contribution in [3.05, 3.63) is 52.5 Å². The van der Waals surface area contributed by atoms with Gasteiger partial charge < -0.3 is 10.6 Å². The first-order chi connectivity index (χ1) is 12.9. The zero-order valence-electron chi connectivity index (χ0n) is 15.1. The summed E-state index contributed by atoms with van der Waals surface area (Å²) in [4.78, 5) is 27.4. The summed E-state index contributed by atoms with van der Waals surface area (Å²) in [5.41, 5.74) is 1.21. The van der Waals surface area contributed by atoms with Crippen LogP contribution in [0.2, 0.25) is 10.0 Å². The molecule has 2 aromatic carbocycles. The molecular formula is C19H21Cl2N3O2S. The number of hydrogen-bond donors (Lipinski definition) is 2. The molecule has 144 valence electrons. The maximum absolute atomic E-state index is 12.4. The number of para-hydroxylation sites is 1. The summed E-state index contributed by atoms with van der Waals surface area (Å²) >= 11 is 13.6.